The standard InChI is InChI=1S/C18H15P.C5H9NO3/c1-4-10-16(11-5-1)19(17-12-6-2-7-13-17)18-14-8-3-9-15-18;1-5(7)3-2-4-6(8)9/h1-15H;2-4H2,1H3/p+1. The van der Waals surface area contributed by atoms with Crippen LogP contribution < -0.4 is 15.9 Å². The zero-order valence-corrected chi connectivity index (χ0v) is 17.0. The lowest BCUT2D eigenvalue weighted by Crippen LogP contribution is -2.20. The monoisotopic (exact) mass is 394 g/mol. The van der Waals surface area contributed by atoms with E-state index in [0.29, 0.717) is 12.8 Å². The Morgan fingerprint density at radius 3 is 1.43 bits per heavy atom. The average molecular weight is 394 g/mol. The fourth-order valence-electron chi connectivity index (χ4n) is 2.77. The van der Waals surface area contributed by atoms with Crippen molar-refractivity contribution in [2.45, 2.75) is 19.8 Å². The molecule has 0 atom stereocenters. The molecule has 0 amide bonds. The summed E-state index contributed by atoms with van der Waals surface area (Å²) in [5.41, 5.74) is 0. The van der Waals surface area contributed by atoms with Crippen molar-refractivity contribution in [1.82, 2.24) is 0 Å². The number of hydrogen-bond donors (Lipinski definition) is 0. The fraction of sp³-hybridized carbons (Fsp3) is 0.174. The number of rotatable bonds is 7. The van der Waals surface area contributed by atoms with Crippen molar-refractivity contribution < 1.29 is 9.72 Å². The smallest absolute Gasteiger partial charge is 0.204 e. The van der Waals surface area contributed by atoms with Gasteiger partial charge in [-0.3, -0.25) is 10.1 Å². The lowest BCUT2D eigenvalue weighted by atomic mass is 10.2. The van der Waals surface area contributed by atoms with E-state index in [1.54, 1.807) is 0 Å². The van der Waals surface area contributed by atoms with Crippen molar-refractivity contribution >= 4 is 29.6 Å². The number of hydrogen-bond acceptors (Lipinski definition) is 3. The fourth-order valence-corrected chi connectivity index (χ4v) is 5.35. The van der Waals surface area contributed by atoms with Crippen molar-refractivity contribution in [2.24, 2.45) is 0 Å². The van der Waals surface area contributed by atoms with E-state index in [4.69, 9.17) is 0 Å². The molecule has 0 heterocycles. The van der Waals surface area contributed by atoms with Gasteiger partial charge in [-0.2, -0.15) is 0 Å². The summed E-state index contributed by atoms with van der Waals surface area (Å²) in [6.07, 6.45) is 0.684. The van der Waals surface area contributed by atoms with Crippen LogP contribution in [-0.2, 0) is 4.79 Å². The number of carbonyl (C=O) groups excluding carboxylic acids is 1. The first-order chi connectivity index (χ1) is 13.6. The summed E-state index contributed by atoms with van der Waals surface area (Å²) in [5.74, 6) is 0.0110. The Labute approximate surface area is 167 Å². The Morgan fingerprint density at radius 1 is 0.786 bits per heavy atom. The summed E-state index contributed by atoms with van der Waals surface area (Å²) in [4.78, 5) is 19.5. The van der Waals surface area contributed by atoms with Gasteiger partial charge in [-0.25, -0.2) is 0 Å². The number of ketones is 1. The van der Waals surface area contributed by atoms with Crippen LogP contribution in [0.15, 0.2) is 91.0 Å². The van der Waals surface area contributed by atoms with E-state index in [2.05, 4.69) is 91.0 Å². The minimum Gasteiger partial charge on any atom is -0.300 e. The van der Waals surface area contributed by atoms with Gasteiger partial charge in [0.15, 0.2) is 0 Å². The summed E-state index contributed by atoms with van der Waals surface area (Å²) in [5, 5.41) is 14.0. The maximum Gasteiger partial charge on any atom is 0.204 e. The molecular weight excluding hydrogens is 369 g/mol. The second-order valence-electron chi connectivity index (χ2n) is 6.33. The van der Waals surface area contributed by atoms with Gasteiger partial charge >= 0.3 is 0 Å². The van der Waals surface area contributed by atoms with E-state index in [9.17, 15) is 14.9 Å². The van der Waals surface area contributed by atoms with E-state index < -0.39 is 12.8 Å². The number of nitrogens with zero attached hydrogens (tertiary/aromatic N) is 1. The zero-order chi connectivity index (χ0) is 20.2. The maximum absolute atomic E-state index is 10.2. The molecule has 0 radical (unpaired) electrons. The van der Waals surface area contributed by atoms with Gasteiger partial charge in [0.2, 0.25) is 6.54 Å². The Kier molecular flexibility index (Phi) is 9.03. The largest absolute Gasteiger partial charge is 0.300 e. The van der Waals surface area contributed by atoms with Crippen LogP contribution in [-0.4, -0.2) is 17.3 Å². The number of carbonyl (C=O) groups is 1. The molecule has 3 aromatic rings. The Morgan fingerprint density at radius 2 is 1.14 bits per heavy atom. The minimum atomic E-state index is -0.877. The maximum atomic E-state index is 10.2. The van der Waals surface area contributed by atoms with Gasteiger partial charge in [-0.1, -0.05) is 54.6 Å². The molecule has 0 bridgehead atoms. The van der Waals surface area contributed by atoms with Crippen molar-refractivity contribution in [3.8, 4) is 0 Å². The van der Waals surface area contributed by atoms with Crippen LogP contribution in [0.25, 0.3) is 0 Å². The van der Waals surface area contributed by atoms with E-state index in [-0.39, 0.29) is 12.3 Å². The molecule has 0 saturated carbocycles. The third kappa shape index (κ3) is 7.42. The third-order valence-electron chi connectivity index (χ3n) is 4.06. The molecule has 5 heteroatoms. The van der Waals surface area contributed by atoms with Gasteiger partial charge in [0, 0.05) is 17.8 Å². The van der Waals surface area contributed by atoms with Crippen LogP contribution in [0, 0.1) is 10.1 Å². The van der Waals surface area contributed by atoms with Crippen LogP contribution in [0.5, 0.6) is 0 Å². The third-order valence-corrected chi connectivity index (χ3v) is 6.79. The summed E-state index contributed by atoms with van der Waals surface area (Å²) >= 11 is 0. The van der Waals surface area contributed by atoms with E-state index in [1.807, 2.05) is 0 Å². The summed E-state index contributed by atoms with van der Waals surface area (Å²) in [6.45, 7) is 1.33. The topological polar surface area (TPSA) is 60.2 Å². The van der Waals surface area contributed by atoms with Gasteiger partial charge in [-0.15, -0.1) is 0 Å². The van der Waals surface area contributed by atoms with E-state index >= 15 is 0 Å². The van der Waals surface area contributed by atoms with Gasteiger partial charge < -0.3 is 4.79 Å². The SMILES string of the molecule is CC(=O)CCC[N+](=O)[O-].c1ccc([PH+](c2ccccc2)c2ccccc2)cc1. The highest BCUT2D eigenvalue weighted by molar-refractivity contribution is 7.79. The lowest BCUT2D eigenvalue weighted by Gasteiger charge is -2.10. The van der Waals surface area contributed by atoms with Crippen molar-refractivity contribution in [3.05, 3.63) is 101 Å². The van der Waals surface area contributed by atoms with Crippen molar-refractivity contribution in [3.63, 3.8) is 0 Å². The Hall–Kier alpha value is -2.84. The van der Waals surface area contributed by atoms with Crippen molar-refractivity contribution in [2.75, 3.05) is 6.54 Å². The molecule has 144 valence electrons. The molecule has 0 aromatic heterocycles. The van der Waals surface area contributed by atoms with Crippen LogP contribution >= 0.6 is 7.92 Å². The normalized spacial score (nSPS) is 10.1. The highest BCUT2D eigenvalue weighted by Gasteiger charge is 2.24. The first-order valence-corrected chi connectivity index (χ1v) is 10.7. The van der Waals surface area contributed by atoms with Crippen LogP contribution in [0.2, 0.25) is 0 Å². The zero-order valence-electron chi connectivity index (χ0n) is 16.0. The predicted octanol–water partition coefficient (Wildman–Crippen LogP) is 3.81. The average Bonchev–Trinajstić information content (AvgIpc) is 2.71. The Bertz CT molecular complexity index is 747. The summed E-state index contributed by atoms with van der Waals surface area (Å²) < 4.78 is 0. The molecule has 0 spiro atoms. The van der Waals surface area contributed by atoms with E-state index in [0.717, 1.165) is 0 Å². The molecule has 0 N–H and O–H groups in total. The minimum absolute atomic E-state index is 0.0110. The quantitative estimate of drug-likeness (QED) is 0.348. The first kappa shape index (κ1) is 21.5. The molecule has 0 fully saturated rings. The number of benzene rings is 3. The van der Waals surface area contributed by atoms with Crippen molar-refractivity contribution in [1.29, 1.82) is 0 Å². The molecule has 28 heavy (non-hydrogen) atoms. The molecule has 3 rings (SSSR count). The van der Waals surface area contributed by atoms with Crippen LogP contribution in [0.3, 0.4) is 0 Å². The molecule has 3 aromatic carbocycles. The van der Waals surface area contributed by atoms with Crippen LogP contribution in [0.4, 0.5) is 0 Å². The highest BCUT2D eigenvalue weighted by atomic mass is 31.1. The second kappa shape index (κ2) is 11.8. The van der Waals surface area contributed by atoms with Gasteiger partial charge in [0.05, 0.1) is 7.92 Å². The van der Waals surface area contributed by atoms with Gasteiger partial charge in [0.25, 0.3) is 0 Å². The van der Waals surface area contributed by atoms with Gasteiger partial charge in [-0.05, 0) is 43.3 Å². The molecule has 4 nitrogen and oxygen atoms in total. The lowest BCUT2D eigenvalue weighted by molar-refractivity contribution is -0.480. The summed E-state index contributed by atoms with van der Waals surface area (Å²) in [7, 11) is -0.877. The molecule has 0 aliphatic rings. The molecule has 0 aliphatic carbocycles. The number of nitro groups is 1. The molecule has 0 aliphatic heterocycles. The Balaban J connectivity index is 0.000000266. The van der Waals surface area contributed by atoms with Crippen LogP contribution in [0.1, 0.15) is 19.8 Å². The summed E-state index contributed by atoms with van der Waals surface area (Å²) in [6, 6.07) is 32.5. The predicted molar refractivity (Wildman–Crippen MR) is 118 cm³/mol. The molecular formula is C23H25NO3P+. The molecule has 0 saturated heterocycles. The van der Waals surface area contributed by atoms with Gasteiger partial charge in [0.1, 0.15) is 21.7 Å². The first-order valence-electron chi connectivity index (χ1n) is 9.22. The van der Waals surface area contributed by atoms with E-state index in [1.165, 1.54) is 22.8 Å². The number of Topliss-reactive ketones (excluding diaryl/α,β-unsaturated/α-hetero) is 1. The highest BCUT2D eigenvalue weighted by Crippen LogP contribution is 2.32. The molecule has 0 unspecified atom stereocenters. The second-order valence-corrected chi connectivity index (χ2v) is 8.82.